The molecule has 1 aromatic heterocycles. The molecule has 5 nitrogen and oxygen atoms in total. The summed E-state index contributed by atoms with van der Waals surface area (Å²) >= 11 is 0. The van der Waals surface area contributed by atoms with E-state index in [1.165, 1.54) is 4.31 Å². The Morgan fingerprint density at radius 3 is 2.61 bits per heavy atom. The highest BCUT2D eigenvalue weighted by Gasteiger charge is 2.25. The Morgan fingerprint density at radius 2 is 2.11 bits per heavy atom. The van der Waals surface area contributed by atoms with E-state index in [0.29, 0.717) is 13.2 Å². The van der Waals surface area contributed by atoms with Crippen LogP contribution < -0.4 is 0 Å². The van der Waals surface area contributed by atoms with Crippen LogP contribution in [0.2, 0.25) is 0 Å². The molecule has 0 atom stereocenters. The highest BCUT2D eigenvalue weighted by molar-refractivity contribution is 7.89. The number of hydrogen-bond donors (Lipinski definition) is 0. The number of ether oxygens (including phenoxy) is 1. The molecule has 1 aromatic rings. The first-order valence-electron chi connectivity index (χ1n) is 5.86. The Balaban J connectivity index is 2.86. The van der Waals surface area contributed by atoms with Crippen LogP contribution in [0.5, 0.6) is 0 Å². The number of nitrogens with zero attached hydrogens (tertiary/aromatic N) is 2. The molecule has 0 fully saturated rings. The van der Waals surface area contributed by atoms with Crippen LogP contribution in [-0.4, -0.2) is 43.2 Å². The van der Waals surface area contributed by atoms with Crippen molar-refractivity contribution in [3.05, 3.63) is 30.1 Å². The van der Waals surface area contributed by atoms with E-state index in [2.05, 4.69) is 4.98 Å². The Labute approximate surface area is 109 Å². The second-order valence-corrected chi connectivity index (χ2v) is 6.73. The van der Waals surface area contributed by atoms with Gasteiger partial charge in [-0.05, 0) is 26.0 Å². The average molecular weight is 272 g/mol. The highest BCUT2D eigenvalue weighted by atomic mass is 32.2. The zero-order valence-electron chi connectivity index (χ0n) is 11.0. The molecule has 0 unspecified atom stereocenters. The number of rotatable bonds is 7. The lowest BCUT2D eigenvalue weighted by Gasteiger charge is -2.23. The van der Waals surface area contributed by atoms with Gasteiger partial charge in [-0.25, -0.2) is 8.42 Å². The van der Waals surface area contributed by atoms with Crippen molar-refractivity contribution in [1.82, 2.24) is 9.29 Å². The fraction of sp³-hybridized carbons (Fsp3) is 0.583. The van der Waals surface area contributed by atoms with Crippen LogP contribution in [0.25, 0.3) is 0 Å². The van der Waals surface area contributed by atoms with E-state index in [4.69, 9.17) is 4.74 Å². The maximum Gasteiger partial charge on any atom is 0.216 e. The third kappa shape index (κ3) is 4.04. The van der Waals surface area contributed by atoms with Crippen molar-refractivity contribution in [2.75, 3.05) is 20.3 Å². The maximum atomic E-state index is 12.2. The van der Waals surface area contributed by atoms with Gasteiger partial charge in [0.05, 0.1) is 24.1 Å². The minimum Gasteiger partial charge on any atom is -0.383 e. The zero-order valence-corrected chi connectivity index (χ0v) is 11.9. The minimum absolute atomic E-state index is 0.282. The van der Waals surface area contributed by atoms with E-state index >= 15 is 0 Å². The molecule has 0 N–H and O–H groups in total. The van der Waals surface area contributed by atoms with Gasteiger partial charge in [0.25, 0.3) is 0 Å². The summed E-state index contributed by atoms with van der Waals surface area (Å²) in [5.74, 6) is 0. The fourth-order valence-electron chi connectivity index (χ4n) is 1.46. The molecule has 6 heteroatoms. The van der Waals surface area contributed by atoms with Crippen molar-refractivity contribution < 1.29 is 13.2 Å². The Hall–Kier alpha value is -0.980. The van der Waals surface area contributed by atoms with Gasteiger partial charge >= 0.3 is 0 Å². The van der Waals surface area contributed by atoms with Gasteiger partial charge < -0.3 is 4.74 Å². The zero-order chi connectivity index (χ0) is 13.6. The molecule has 0 amide bonds. The lowest BCUT2D eigenvalue weighted by molar-refractivity contribution is 0.177. The summed E-state index contributed by atoms with van der Waals surface area (Å²) < 4.78 is 30.7. The number of methoxy groups -OCH3 is 1. The van der Waals surface area contributed by atoms with E-state index < -0.39 is 15.3 Å². The third-order valence-electron chi connectivity index (χ3n) is 2.56. The molecule has 18 heavy (non-hydrogen) atoms. The largest absolute Gasteiger partial charge is 0.383 e. The van der Waals surface area contributed by atoms with Crippen LogP contribution >= 0.6 is 0 Å². The van der Waals surface area contributed by atoms with Gasteiger partial charge in [0.2, 0.25) is 10.0 Å². The lowest BCUT2D eigenvalue weighted by Crippen LogP contribution is -2.38. The molecule has 0 bridgehead atoms. The van der Waals surface area contributed by atoms with Gasteiger partial charge in [-0.1, -0.05) is 6.07 Å². The number of aromatic nitrogens is 1. The van der Waals surface area contributed by atoms with Gasteiger partial charge in [-0.2, -0.15) is 4.31 Å². The molecule has 0 saturated heterocycles. The molecular formula is C12H20N2O3S. The van der Waals surface area contributed by atoms with Gasteiger partial charge in [0, 0.05) is 19.9 Å². The molecular weight excluding hydrogens is 252 g/mol. The van der Waals surface area contributed by atoms with Crippen LogP contribution in [0.15, 0.2) is 24.4 Å². The van der Waals surface area contributed by atoms with E-state index in [1.807, 2.05) is 12.1 Å². The summed E-state index contributed by atoms with van der Waals surface area (Å²) in [6.07, 6.45) is 1.66. The van der Waals surface area contributed by atoms with Crippen molar-refractivity contribution in [2.45, 2.75) is 25.6 Å². The van der Waals surface area contributed by atoms with Crippen molar-refractivity contribution in [3.63, 3.8) is 0 Å². The Kier molecular flexibility index (Phi) is 5.71. The standard InChI is InChI=1S/C12H20N2O3S/c1-11(2)18(15,16)14(8-9-17-3)10-12-6-4-5-7-13-12/h4-7,11H,8-10H2,1-3H3. The first kappa shape index (κ1) is 15.1. The fourth-order valence-corrected chi connectivity index (χ4v) is 2.70. The van der Waals surface area contributed by atoms with Crippen LogP contribution in [0, 0.1) is 0 Å². The van der Waals surface area contributed by atoms with Crippen LogP contribution in [0.4, 0.5) is 0 Å². The molecule has 0 aromatic carbocycles. The molecule has 1 heterocycles. The van der Waals surface area contributed by atoms with Crippen LogP contribution in [0.3, 0.4) is 0 Å². The van der Waals surface area contributed by atoms with Crippen molar-refractivity contribution in [3.8, 4) is 0 Å². The van der Waals surface area contributed by atoms with E-state index in [-0.39, 0.29) is 6.54 Å². The first-order chi connectivity index (χ1) is 8.48. The van der Waals surface area contributed by atoms with E-state index in [0.717, 1.165) is 5.69 Å². The van der Waals surface area contributed by atoms with Crippen molar-refractivity contribution in [2.24, 2.45) is 0 Å². The summed E-state index contributed by atoms with van der Waals surface area (Å²) in [7, 11) is -1.74. The van der Waals surface area contributed by atoms with Crippen molar-refractivity contribution >= 4 is 10.0 Å². The average Bonchev–Trinajstić information content (AvgIpc) is 2.35. The van der Waals surface area contributed by atoms with Crippen LogP contribution in [0.1, 0.15) is 19.5 Å². The molecule has 102 valence electrons. The predicted molar refractivity (Wildman–Crippen MR) is 70.6 cm³/mol. The summed E-state index contributed by atoms with van der Waals surface area (Å²) in [4.78, 5) is 4.15. The van der Waals surface area contributed by atoms with Gasteiger partial charge in [-0.3, -0.25) is 4.98 Å². The molecule has 0 aliphatic carbocycles. The SMILES string of the molecule is COCCN(Cc1ccccn1)S(=O)(=O)C(C)C. The summed E-state index contributed by atoms with van der Waals surface area (Å²) in [5, 5.41) is -0.446. The molecule has 0 saturated carbocycles. The smallest absolute Gasteiger partial charge is 0.216 e. The van der Waals surface area contributed by atoms with Crippen LogP contribution in [-0.2, 0) is 21.3 Å². The molecule has 0 aliphatic rings. The highest BCUT2D eigenvalue weighted by Crippen LogP contribution is 2.12. The summed E-state index contributed by atoms with van der Waals surface area (Å²) in [6, 6.07) is 5.47. The molecule has 0 radical (unpaired) electrons. The van der Waals surface area contributed by atoms with E-state index in [1.54, 1.807) is 33.2 Å². The number of sulfonamides is 1. The Bertz CT molecular complexity index is 446. The number of pyridine rings is 1. The van der Waals surface area contributed by atoms with Crippen molar-refractivity contribution in [1.29, 1.82) is 0 Å². The summed E-state index contributed by atoms with van der Waals surface area (Å²) in [6.45, 7) is 4.35. The minimum atomic E-state index is -3.30. The Morgan fingerprint density at radius 1 is 1.39 bits per heavy atom. The second kappa shape index (κ2) is 6.82. The molecule has 1 rings (SSSR count). The number of hydrogen-bond acceptors (Lipinski definition) is 4. The van der Waals surface area contributed by atoms with Gasteiger partial charge in [0.1, 0.15) is 0 Å². The second-order valence-electron chi connectivity index (χ2n) is 4.24. The van der Waals surface area contributed by atoms with E-state index in [9.17, 15) is 8.42 Å². The normalized spacial score (nSPS) is 12.3. The molecule has 0 spiro atoms. The monoisotopic (exact) mass is 272 g/mol. The third-order valence-corrected chi connectivity index (χ3v) is 4.79. The topological polar surface area (TPSA) is 59.5 Å². The quantitative estimate of drug-likeness (QED) is 0.750. The van der Waals surface area contributed by atoms with Gasteiger partial charge in [-0.15, -0.1) is 0 Å². The molecule has 0 aliphatic heterocycles. The summed E-state index contributed by atoms with van der Waals surface area (Å²) in [5.41, 5.74) is 0.734. The predicted octanol–water partition coefficient (Wildman–Crippen LogP) is 1.27. The van der Waals surface area contributed by atoms with Gasteiger partial charge in [0.15, 0.2) is 0 Å². The lowest BCUT2D eigenvalue weighted by atomic mass is 10.3. The first-order valence-corrected chi connectivity index (χ1v) is 7.36. The maximum absolute atomic E-state index is 12.2.